The quantitative estimate of drug-likeness (QED) is 0.200. The zero-order valence-electron chi connectivity index (χ0n) is 15.0. The topological polar surface area (TPSA) is 208 Å². The van der Waals surface area contributed by atoms with Gasteiger partial charge in [0.2, 0.25) is 0 Å². The molecule has 0 aliphatic heterocycles. The molecule has 0 saturated carbocycles. The summed E-state index contributed by atoms with van der Waals surface area (Å²) in [5, 5.41) is 44.5. The van der Waals surface area contributed by atoms with Crippen molar-refractivity contribution >= 4 is 29.8 Å². The van der Waals surface area contributed by atoms with Crippen LogP contribution in [0.2, 0.25) is 0 Å². The van der Waals surface area contributed by atoms with E-state index >= 15 is 0 Å². The van der Waals surface area contributed by atoms with Crippen LogP contribution in [0.3, 0.4) is 0 Å². The van der Waals surface area contributed by atoms with Gasteiger partial charge in [-0.2, -0.15) is 0 Å². The first-order valence-corrected chi connectivity index (χ1v) is 8.05. The Balaban J connectivity index is 5.01. The molecule has 0 fully saturated rings. The fourth-order valence-corrected chi connectivity index (χ4v) is 2.07. The lowest BCUT2D eigenvalue weighted by Gasteiger charge is -2.28. The minimum Gasteiger partial charge on any atom is -0.481 e. The van der Waals surface area contributed by atoms with Crippen molar-refractivity contribution in [1.82, 2.24) is 4.90 Å². The minimum atomic E-state index is -1.66. The number of carbonyl (C=O) groups is 5. The average molecular weight is 409 g/mol. The zero-order chi connectivity index (χ0) is 21.9. The molecule has 0 aromatic carbocycles. The Hall–Kier alpha value is -2.77. The van der Waals surface area contributed by atoms with E-state index in [2.05, 4.69) is 0 Å². The summed E-state index contributed by atoms with van der Waals surface area (Å²) in [6.07, 6.45) is -4.42. The van der Waals surface area contributed by atoms with Crippen LogP contribution in [-0.2, 0) is 33.4 Å². The first-order chi connectivity index (χ1) is 13.0. The van der Waals surface area contributed by atoms with Crippen molar-refractivity contribution in [3.63, 3.8) is 0 Å². The van der Waals surface area contributed by atoms with Crippen LogP contribution in [0.1, 0.15) is 19.8 Å². The van der Waals surface area contributed by atoms with Crippen LogP contribution in [-0.4, -0.2) is 105 Å². The van der Waals surface area contributed by atoms with Gasteiger partial charge in [0.1, 0.15) is 6.04 Å². The van der Waals surface area contributed by atoms with Gasteiger partial charge in [0.15, 0.2) is 12.2 Å². The summed E-state index contributed by atoms with van der Waals surface area (Å²) in [7, 11) is 0. The number of aliphatic carboxylic acids is 5. The van der Waals surface area contributed by atoms with Gasteiger partial charge in [0.05, 0.1) is 26.1 Å². The summed E-state index contributed by atoms with van der Waals surface area (Å²) in [6.45, 7) is 0.182. The molecule has 0 aliphatic rings. The Labute approximate surface area is 159 Å². The van der Waals surface area contributed by atoms with E-state index < -0.39 is 67.5 Å². The third kappa shape index (κ3) is 10.4. The monoisotopic (exact) mass is 409 g/mol. The van der Waals surface area contributed by atoms with Gasteiger partial charge in [-0.25, -0.2) is 9.59 Å². The SMILES string of the molecule is CC(OCCN(CCOC(CC(=O)O)C(=O)O)C(CC(=O)O)C(=O)O)C(=O)O. The highest BCUT2D eigenvalue weighted by molar-refractivity contribution is 5.80. The largest absolute Gasteiger partial charge is 0.481 e. The molecule has 13 heteroatoms. The molecule has 0 amide bonds. The molecular formula is C15H23NO12. The predicted octanol–water partition coefficient (Wildman–Crippen LogP) is -1.35. The van der Waals surface area contributed by atoms with Crippen molar-refractivity contribution in [3.05, 3.63) is 0 Å². The molecule has 160 valence electrons. The third-order valence-electron chi connectivity index (χ3n) is 3.52. The summed E-state index contributed by atoms with van der Waals surface area (Å²) in [6, 6.07) is -1.51. The number of rotatable bonds is 16. The normalized spacial score (nSPS) is 14.2. The summed E-state index contributed by atoms with van der Waals surface area (Å²) in [4.78, 5) is 55.7. The number of hydrogen-bond acceptors (Lipinski definition) is 8. The second kappa shape index (κ2) is 12.6. The van der Waals surface area contributed by atoms with Gasteiger partial charge >= 0.3 is 29.8 Å². The van der Waals surface area contributed by atoms with Crippen molar-refractivity contribution < 1.29 is 59.0 Å². The van der Waals surface area contributed by atoms with Crippen molar-refractivity contribution in [2.45, 2.75) is 38.0 Å². The lowest BCUT2D eigenvalue weighted by atomic mass is 10.1. The molecule has 28 heavy (non-hydrogen) atoms. The van der Waals surface area contributed by atoms with Gasteiger partial charge < -0.3 is 35.0 Å². The Kier molecular flexibility index (Phi) is 11.3. The maximum absolute atomic E-state index is 11.4. The molecule has 0 heterocycles. The number of hydrogen-bond donors (Lipinski definition) is 5. The van der Waals surface area contributed by atoms with Crippen LogP contribution in [0.5, 0.6) is 0 Å². The second-order valence-corrected chi connectivity index (χ2v) is 5.63. The molecule has 0 spiro atoms. The molecule has 0 rings (SSSR count). The Morgan fingerprint density at radius 1 is 0.750 bits per heavy atom. The third-order valence-corrected chi connectivity index (χ3v) is 3.52. The van der Waals surface area contributed by atoms with Gasteiger partial charge in [-0.15, -0.1) is 0 Å². The van der Waals surface area contributed by atoms with Crippen LogP contribution in [0.15, 0.2) is 0 Å². The summed E-state index contributed by atoms with van der Waals surface area (Å²) in [5.74, 6) is -7.03. The van der Waals surface area contributed by atoms with Crippen LogP contribution >= 0.6 is 0 Å². The highest BCUT2D eigenvalue weighted by Crippen LogP contribution is 2.08. The molecule has 0 aromatic heterocycles. The van der Waals surface area contributed by atoms with Crippen molar-refractivity contribution in [2.24, 2.45) is 0 Å². The van der Waals surface area contributed by atoms with E-state index in [0.717, 1.165) is 4.90 Å². The predicted molar refractivity (Wildman–Crippen MR) is 87.9 cm³/mol. The fraction of sp³-hybridized carbons (Fsp3) is 0.667. The van der Waals surface area contributed by atoms with E-state index in [4.69, 9.17) is 29.9 Å². The maximum Gasteiger partial charge on any atom is 0.333 e. The van der Waals surface area contributed by atoms with E-state index in [9.17, 15) is 29.1 Å². The van der Waals surface area contributed by atoms with Crippen molar-refractivity contribution in [1.29, 1.82) is 0 Å². The van der Waals surface area contributed by atoms with Crippen LogP contribution in [0, 0.1) is 0 Å². The highest BCUT2D eigenvalue weighted by atomic mass is 16.5. The van der Waals surface area contributed by atoms with Gasteiger partial charge in [-0.3, -0.25) is 19.3 Å². The number of carboxylic acids is 5. The first kappa shape index (κ1) is 25.2. The van der Waals surface area contributed by atoms with Crippen LogP contribution in [0.4, 0.5) is 0 Å². The van der Waals surface area contributed by atoms with Gasteiger partial charge in [-0.1, -0.05) is 0 Å². The summed E-state index contributed by atoms with van der Waals surface area (Å²) < 4.78 is 9.94. The van der Waals surface area contributed by atoms with Gasteiger partial charge in [0, 0.05) is 13.1 Å². The minimum absolute atomic E-state index is 0.179. The van der Waals surface area contributed by atoms with Crippen LogP contribution in [0.25, 0.3) is 0 Å². The van der Waals surface area contributed by atoms with Crippen LogP contribution < -0.4 is 0 Å². The van der Waals surface area contributed by atoms with E-state index in [1.807, 2.05) is 0 Å². The molecule has 5 N–H and O–H groups in total. The molecule has 3 atom stereocenters. The van der Waals surface area contributed by atoms with Crippen molar-refractivity contribution in [3.8, 4) is 0 Å². The summed E-state index contributed by atoms with van der Waals surface area (Å²) in [5.41, 5.74) is 0. The number of carboxylic acid groups (broad SMARTS) is 5. The molecule has 13 nitrogen and oxygen atoms in total. The number of ether oxygens (including phenoxy) is 2. The summed E-state index contributed by atoms with van der Waals surface area (Å²) >= 11 is 0. The molecule has 0 radical (unpaired) electrons. The number of nitrogens with zero attached hydrogens (tertiary/aromatic N) is 1. The fourth-order valence-electron chi connectivity index (χ4n) is 2.07. The highest BCUT2D eigenvalue weighted by Gasteiger charge is 2.29. The van der Waals surface area contributed by atoms with E-state index in [-0.39, 0.29) is 19.7 Å². The molecule has 0 aromatic rings. The lowest BCUT2D eigenvalue weighted by molar-refractivity contribution is -0.158. The van der Waals surface area contributed by atoms with E-state index in [1.54, 1.807) is 0 Å². The van der Waals surface area contributed by atoms with Crippen molar-refractivity contribution in [2.75, 3.05) is 26.3 Å². The van der Waals surface area contributed by atoms with Gasteiger partial charge in [0.25, 0.3) is 0 Å². The first-order valence-electron chi connectivity index (χ1n) is 8.05. The van der Waals surface area contributed by atoms with E-state index in [1.165, 1.54) is 6.92 Å². The molecular weight excluding hydrogens is 386 g/mol. The Morgan fingerprint density at radius 2 is 1.25 bits per heavy atom. The Bertz CT molecular complexity index is 577. The molecule has 0 aliphatic carbocycles. The van der Waals surface area contributed by atoms with E-state index in [0.29, 0.717) is 0 Å². The lowest BCUT2D eigenvalue weighted by Crippen LogP contribution is -2.46. The molecule has 0 bridgehead atoms. The Morgan fingerprint density at radius 3 is 1.64 bits per heavy atom. The second-order valence-electron chi connectivity index (χ2n) is 5.63. The standard InChI is InChI=1S/C15H23NO12/c1-8(13(21)22)27-4-2-16(9(14(23)24)6-11(17)18)3-5-28-10(15(25)26)7-12(19)20/h8-10H,2-7H2,1H3,(H,17,18)(H,19,20)(H,21,22)(H,23,24)(H,25,26). The zero-order valence-corrected chi connectivity index (χ0v) is 15.0. The maximum atomic E-state index is 11.4. The smallest absolute Gasteiger partial charge is 0.333 e. The van der Waals surface area contributed by atoms with Gasteiger partial charge in [-0.05, 0) is 6.92 Å². The average Bonchev–Trinajstić information content (AvgIpc) is 2.56. The molecule has 3 unspecified atom stereocenters. The molecule has 0 saturated heterocycles.